The number of nitrogens with two attached hydrogens (primary N) is 1. The summed E-state index contributed by atoms with van der Waals surface area (Å²) >= 11 is 0.981. The third kappa shape index (κ3) is 4.22. The van der Waals surface area contributed by atoms with Crippen molar-refractivity contribution in [3.8, 4) is 0 Å². The number of hydrogen-bond acceptors (Lipinski definition) is 6. The number of aromatic nitrogens is 1. The summed E-state index contributed by atoms with van der Waals surface area (Å²) in [5, 5.41) is 18.6. The maximum atomic E-state index is 11.3. The monoisotopic (exact) mass is 338 g/mol. The Morgan fingerprint density at radius 3 is 2.39 bits per heavy atom. The van der Waals surface area contributed by atoms with Crippen LogP contribution in [-0.4, -0.2) is 38.8 Å². The summed E-state index contributed by atoms with van der Waals surface area (Å²) in [5.74, 6) is -6.36. The zero-order valence-corrected chi connectivity index (χ0v) is 12.7. The molecule has 0 aliphatic carbocycles. The van der Waals surface area contributed by atoms with E-state index in [1.807, 2.05) is 0 Å². The Kier molecular flexibility index (Phi) is 5.22. The van der Waals surface area contributed by atoms with Gasteiger partial charge in [-0.05, 0) is 12.1 Å². The highest BCUT2D eigenvalue weighted by molar-refractivity contribution is 7.99. The molecule has 2 atom stereocenters. The highest BCUT2D eigenvalue weighted by Crippen LogP contribution is 2.28. The summed E-state index contributed by atoms with van der Waals surface area (Å²) in [4.78, 5) is 37.7. The van der Waals surface area contributed by atoms with Crippen LogP contribution in [0.4, 0.5) is 0 Å². The fourth-order valence-corrected chi connectivity index (χ4v) is 3.06. The predicted octanol–water partition coefficient (Wildman–Crippen LogP) is 1.20. The van der Waals surface area contributed by atoms with E-state index in [2.05, 4.69) is 4.98 Å². The standard InChI is InChI=1S/C14H14N2O6S/c15-11(17)5-7(12(18)19)8(13(20)21)6-23-14-16-9-3-1-2-4-10(9)22-14/h1-4,7-8H,5-6H2,(H2,15,17)(H,18,19)(H,20,21). The van der Waals surface area contributed by atoms with Crippen LogP contribution in [0.15, 0.2) is 33.9 Å². The average Bonchev–Trinajstić information content (AvgIpc) is 2.88. The van der Waals surface area contributed by atoms with Crippen LogP contribution in [-0.2, 0) is 14.4 Å². The summed E-state index contributed by atoms with van der Waals surface area (Å²) in [6, 6.07) is 7.01. The van der Waals surface area contributed by atoms with Crippen molar-refractivity contribution in [2.45, 2.75) is 11.6 Å². The summed E-state index contributed by atoms with van der Waals surface area (Å²) in [6.45, 7) is 0. The number of carboxylic acids is 2. The lowest BCUT2D eigenvalue weighted by Crippen LogP contribution is -2.34. The first kappa shape index (κ1) is 16.8. The van der Waals surface area contributed by atoms with E-state index in [1.165, 1.54) is 0 Å². The van der Waals surface area contributed by atoms with E-state index < -0.39 is 36.1 Å². The molecule has 0 aliphatic rings. The van der Waals surface area contributed by atoms with Crippen LogP contribution in [0, 0.1) is 11.8 Å². The molecule has 4 N–H and O–H groups in total. The molecule has 23 heavy (non-hydrogen) atoms. The van der Waals surface area contributed by atoms with Gasteiger partial charge in [-0.15, -0.1) is 0 Å². The molecular weight excluding hydrogens is 324 g/mol. The van der Waals surface area contributed by atoms with E-state index in [0.717, 1.165) is 11.8 Å². The van der Waals surface area contributed by atoms with Crippen molar-refractivity contribution in [1.29, 1.82) is 0 Å². The Balaban J connectivity index is 2.13. The van der Waals surface area contributed by atoms with Crippen LogP contribution in [0.2, 0.25) is 0 Å². The number of rotatable bonds is 8. The molecule has 122 valence electrons. The maximum Gasteiger partial charge on any atom is 0.308 e. The number of thioether (sulfide) groups is 1. The Bertz CT molecular complexity index is 711. The van der Waals surface area contributed by atoms with Gasteiger partial charge in [0.25, 0.3) is 5.22 Å². The smallest absolute Gasteiger partial charge is 0.308 e. The van der Waals surface area contributed by atoms with E-state index in [4.69, 9.17) is 15.3 Å². The van der Waals surface area contributed by atoms with E-state index in [9.17, 15) is 19.5 Å². The van der Waals surface area contributed by atoms with Gasteiger partial charge < -0.3 is 20.4 Å². The highest BCUT2D eigenvalue weighted by atomic mass is 32.2. The van der Waals surface area contributed by atoms with Gasteiger partial charge in [0.1, 0.15) is 5.52 Å². The summed E-state index contributed by atoms with van der Waals surface area (Å²) < 4.78 is 5.44. The fraction of sp³-hybridized carbons (Fsp3) is 0.286. The van der Waals surface area contributed by atoms with E-state index >= 15 is 0 Å². The number of primary amides is 1. The lowest BCUT2D eigenvalue weighted by Gasteiger charge is -2.18. The maximum absolute atomic E-state index is 11.3. The number of nitrogens with zero attached hydrogens (tertiary/aromatic N) is 1. The van der Waals surface area contributed by atoms with E-state index in [1.54, 1.807) is 24.3 Å². The Morgan fingerprint density at radius 2 is 1.83 bits per heavy atom. The number of carbonyl (C=O) groups is 3. The SMILES string of the molecule is NC(=O)CC(C(=O)O)C(CSc1nc2ccccc2o1)C(=O)O. The number of carboxylic acid groups (broad SMARTS) is 2. The lowest BCUT2D eigenvalue weighted by molar-refractivity contribution is -0.153. The van der Waals surface area contributed by atoms with Gasteiger partial charge in [0.05, 0.1) is 11.8 Å². The molecule has 1 aromatic heterocycles. The number of amides is 1. The zero-order valence-electron chi connectivity index (χ0n) is 11.8. The van der Waals surface area contributed by atoms with Crippen molar-refractivity contribution < 1.29 is 29.0 Å². The van der Waals surface area contributed by atoms with Crippen molar-refractivity contribution in [2.24, 2.45) is 17.6 Å². The van der Waals surface area contributed by atoms with Crippen LogP contribution >= 0.6 is 11.8 Å². The van der Waals surface area contributed by atoms with Crippen molar-refractivity contribution in [3.05, 3.63) is 24.3 Å². The number of hydrogen-bond donors (Lipinski definition) is 3. The second-order valence-electron chi connectivity index (χ2n) is 4.82. The number of oxazole rings is 1. The molecule has 0 spiro atoms. The van der Waals surface area contributed by atoms with Crippen LogP contribution in [0.3, 0.4) is 0 Å². The second-order valence-corrected chi connectivity index (χ2v) is 5.79. The molecule has 1 amide bonds. The summed E-state index contributed by atoms with van der Waals surface area (Å²) in [5.41, 5.74) is 6.16. The Hall–Kier alpha value is -2.55. The third-order valence-corrected chi connectivity index (χ3v) is 4.15. The number of benzene rings is 1. The number of carbonyl (C=O) groups excluding carboxylic acids is 1. The zero-order chi connectivity index (χ0) is 17.0. The molecule has 0 saturated carbocycles. The Morgan fingerprint density at radius 1 is 1.17 bits per heavy atom. The minimum atomic E-state index is -1.40. The highest BCUT2D eigenvalue weighted by Gasteiger charge is 2.35. The topological polar surface area (TPSA) is 144 Å². The largest absolute Gasteiger partial charge is 0.481 e. The molecule has 1 heterocycles. The van der Waals surface area contributed by atoms with Gasteiger partial charge in [0.2, 0.25) is 5.91 Å². The van der Waals surface area contributed by atoms with Crippen LogP contribution in [0.1, 0.15) is 6.42 Å². The fourth-order valence-electron chi connectivity index (χ4n) is 2.05. The molecular formula is C14H14N2O6S. The molecule has 1 aromatic carbocycles. The number of fused-ring (bicyclic) bond motifs is 1. The molecule has 0 bridgehead atoms. The van der Waals surface area contributed by atoms with E-state index in [0.29, 0.717) is 11.1 Å². The quantitative estimate of drug-likeness (QED) is 0.609. The first-order valence-corrected chi connectivity index (χ1v) is 7.59. The van der Waals surface area contributed by atoms with Gasteiger partial charge in [0, 0.05) is 12.2 Å². The van der Waals surface area contributed by atoms with Gasteiger partial charge in [-0.25, -0.2) is 4.98 Å². The van der Waals surface area contributed by atoms with E-state index in [-0.39, 0.29) is 11.0 Å². The third-order valence-electron chi connectivity index (χ3n) is 3.20. The van der Waals surface area contributed by atoms with Crippen LogP contribution < -0.4 is 5.73 Å². The molecule has 9 heteroatoms. The first-order valence-electron chi connectivity index (χ1n) is 6.60. The van der Waals surface area contributed by atoms with Crippen molar-refractivity contribution >= 4 is 40.7 Å². The normalized spacial score (nSPS) is 13.6. The van der Waals surface area contributed by atoms with Crippen molar-refractivity contribution in [3.63, 3.8) is 0 Å². The van der Waals surface area contributed by atoms with Crippen molar-refractivity contribution in [1.82, 2.24) is 4.98 Å². The molecule has 0 saturated heterocycles. The number of para-hydroxylation sites is 2. The van der Waals surface area contributed by atoms with Gasteiger partial charge >= 0.3 is 11.9 Å². The van der Waals surface area contributed by atoms with Gasteiger partial charge in [-0.1, -0.05) is 23.9 Å². The molecule has 0 radical (unpaired) electrons. The summed E-state index contributed by atoms with van der Waals surface area (Å²) in [6.07, 6.45) is -0.541. The molecule has 8 nitrogen and oxygen atoms in total. The average molecular weight is 338 g/mol. The molecule has 2 rings (SSSR count). The molecule has 2 aromatic rings. The van der Waals surface area contributed by atoms with Crippen LogP contribution in [0.5, 0.6) is 0 Å². The minimum Gasteiger partial charge on any atom is -0.481 e. The Labute approximate surface area is 134 Å². The molecule has 2 unspecified atom stereocenters. The predicted molar refractivity (Wildman–Crippen MR) is 80.8 cm³/mol. The minimum absolute atomic E-state index is 0.105. The molecule has 0 fully saturated rings. The van der Waals surface area contributed by atoms with Crippen LogP contribution in [0.25, 0.3) is 11.1 Å². The van der Waals surface area contributed by atoms with Gasteiger partial charge in [0.15, 0.2) is 5.58 Å². The molecule has 0 aliphatic heterocycles. The first-order chi connectivity index (χ1) is 10.9. The van der Waals surface area contributed by atoms with Crippen molar-refractivity contribution in [2.75, 3.05) is 5.75 Å². The lowest BCUT2D eigenvalue weighted by atomic mass is 9.91. The summed E-state index contributed by atoms with van der Waals surface area (Å²) in [7, 11) is 0. The van der Waals surface area contributed by atoms with Gasteiger partial charge in [-0.2, -0.15) is 0 Å². The number of aliphatic carboxylic acids is 2. The second kappa shape index (κ2) is 7.14. The van der Waals surface area contributed by atoms with Gasteiger partial charge in [-0.3, -0.25) is 14.4 Å².